The average Bonchev–Trinajstić information content (AvgIpc) is 3.08. The fourth-order valence-corrected chi connectivity index (χ4v) is 6.11. The van der Waals surface area contributed by atoms with Crippen LogP contribution in [0.25, 0.3) is 0 Å². The largest absolute Gasteiger partial charge is 0.481 e. The van der Waals surface area contributed by atoms with Gasteiger partial charge >= 0.3 is 5.97 Å². The zero-order chi connectivity index (χ0) is 22.1. The number of aliphatic hydroxyl groups excluding tert-OH is 2. The summed E-state index contributed by atoms with van der Waals surface area (Å²) in [5.74, 6) is -0.367. The van der Waals surface area contributed by atoms with Crippen LogP contribution in [0.15, 0.2) is 24.0 Å². The first kappa shape index (κ1) is 20.6. The number of piperidine rings is 1. The van der Waals surface area contributed by atoms with Gasteiger partial charge in [-0.25, -0.2) is 0 Å². The maximum Gasteiger partial charge on any atom is 0.314 e. The van der Waals surface area contributed by atoms with Crippen LogP contribution in [0.4, 0.5) is 0 Å². The van der Waals surface area contributed by atoms with E-state index in [1.807, 2.05) is 19.2 Å². The van der Waals surface area contributed by atoms with Crippen molar-refractivity contribution in [2.24, 2.45) is 0 Å². The van der Waals surface area contributed by atoms with Crippen molar-refractivity contribution in [3.05, 3.63) is 40.7 Å². The second-order valence-electron chi connectivity index (χ2n) is 9.21. The van der Waals surface area contributed by atoms with E-state index in [0.29, 0.717) is 36.3 Å². The van der Waals surface area contributed by atoms with Gasteiger partial charge < -0.3 is 29.7 Å². The molecule has 1 fully saturated rings. The number of Topliss-reactive ketones (excluding diaryl/α,β-unsaturated/α-hetero) is 1. The van der Waals surface area contributed by atoms with Crippen molar-refractivity contribution in [2.45, 2.75) is 68.5 Å². The quantitative estimate of drug-likeness (QED) is 0.574. The summed E-state index contributed by atoms with van der Waals surface area (Å²) in [6.07, 6.45) is 0.700. The van der Waals surface area contributed by atoms with Crippen molar-refractivity contribution in [1.29, 1.82) is 0 Å². The zero-order valence-electron chi connectivity index (χ0n) is 17.6. The summed E-state index contributed by atoms with van der Waals surface area (Å²) in [5, 5.41) is 31.7. The van der Waals surface area contributed by atoms with Crippen LogP contribution in [0.5, 0.6) is 5.75 Å². The van der Waals surface area contributed by atoms with Gasteiger partial charge in [-0.05, 0) is 45.0 Å². The third kappa shape index (κ3) is 2.62. The van der Waals surface area contributed by atoms with Crippen molar-refractivity contribution in [3.8, 4) is 5.75 Å². The van der Waals surface area contributed by atoms with Crippen molar-refractivity contribution in [2.75, 3.05) is 13.6 Å². The molecule has 0 saturated carbocycles. The van der Waals surface area contributed by atoms with Crippen LogP contribution >= 0.6 is 0 Å². The molecule has 166 valence electrons. The third-order valence-electron chi connectivity index (χ3n) is 7.69. The number of carbonyl (C=O) groups excluding carboxylic acids is 2. The molecular weight excluding hydrogens is 402 g/mol. The second-order valence-corrected chi connectivity index (χ2v) is 9.21. The fourth-order valence-electron chi connectivity index (χ4n) is 6.11. The molecule has 0 radical (unpaired) electrons. The summed E-state index contributed by atoms with van der Waals surface area (Å²) in [6, 6.07) is 3.73. The van der Waals surface area contributed by atoms with Crippen LogP contribution in [0.2, 0.25) is 0 Å². The minimum Gasteiger partial charge on any atom is -0.481 e. The lowest BCUT2D eigenvalue weighted by atomic mass is 9.50. The van der Waals surface area contributed by atoms with Gasteiger partial charge in [-0.2, -0.15) is 0 Å². The topological polar surface area (TPSA) is 117 Å². The molecule has 0 unspecified atom stereocenters. The SMILES string of the molecule is CC(=O)[C@@H](O)CC(=O)OC1=CC[C@@]2(O)[C@H]3Cc4ccc(CO)c5c4[C@@]2(CCN3C)[C@H]1O5. The Morgan fingerprint density at radius 1 is 1.39 bits per heavy atom. The van der Waals surface area contributed by atoms with Crippen LogP contribution in [0, 0.1) is 0 Å². The Morgan fingerprint density at radius 3 is 2.87 bits per heavy atom. The molecular formula is C23H27NO7. The van der Waals surface area contributed by atoms with E-state index in [0.717, 1.165) is 17.7 Å². The molecule has 31 heavy (non-hydrogen) atoms. The third-order valence-corrected chi connectivity index (χ3v) is 7.69. The smallest absolute Gasteiger partial charge is 0.314 e. The number of hydrogen-bond donors (Lipinski definition) is 3. The summed E-state index contributed by atoms with van der Waals surface area (Å²) in [5.41, 5.74) is 0.741. The number of nitrogens with zero attached hydrogens (tertiary/aromatic N) is 1. The van der Waals surface area contributed by atoms with Crippen molar-refractivity contribution < 1.29 is 34.4 Å². The summed E-state index contributed by atoms with van der Waals surface area (Å²) in [7, 11) is 2.01. The molecule has 5 atom stereocenters. The number of likely N-dealkylation sites (tertiary alicyclic amines) is 1. The second kappa shape index (κ2) is 6.87. The highest BCUT2D eigenvalue weighted by molar-refractivity contribution is 5.85. The van der Waals surface area contributed by atoms with Gasteiger partial charge in [0, 0.05) is 23.6 Å². The Labute approximate surface area is 180 Å². The Bertz CT molecular complexity index is 1000. The lowest BCUT2D eigenvalue weighted by Gasteiger charge is -2.61. The Balaban J connectivity index is 1.59. The standard InChI is InChI=1S/C23H27NO7/c1-12(26)15(27)10-18(28)30-16-5-6-23(29)17-9-13-3-4-14(11-25)20-19(13)22(23,21(16)31-20)7-8-24(17)2/h3-5,15,17,21,25,27,29H,6-11H2,1-2H3/t15-,17+,21-,22-,23+/m0/s1. The number of hydrogen-bond acceptors (Lipinski definition) is 8. The molecule has 2 aliphatic carbocycles. The molecule has 1 saturated heterocycles. The average molecular weight is 429 g/mol. The van der Waals surface area contributed by atoms with Gasteiger partial charge in [0.25, 0.3) is 0 Å². The Hall–Kier alpha value is -2.26. The number of ketones is 1. The van der Waals surface area contributed by atoms with Gasteiger partial charge in [0.1, 0.15) is 17.6 Å². The van der Waals surface area contributed by atoms with E-state index in [4.69, 9.17) is 9.47 Å². The van der Waals surface area contributed by atoms with E-state index in [2.05, 4.69) is 4.90 Å². The molecule has 4 aliphatic rings. The first-order valence-electron chi connectivity index (χ1n) is 10.7. The molecule has 1 aromatic rings. The molecule has 8 heteroatoms. The molecule has 3 N–H and O–H groups in total. The zero-order valence-corrected chi connectivity index (χ0v) is 17.6. The minimum absolute atomic E-state index is 0.112. The molecule has 2 heterocycles. The van der Waals surface area contributed by atoms with Crippen LogP contribution in [0.1, 0.15) is 42.9 Å². The number of ether oxygens (including phenoxy) is 2. The Kier molecular flexibility index (Phi) is 4.57. The maximum atomic E-state index is 12.4. The maximum absolute atomic E-state index is 12.4. The molecule has 1 spiro atoms. The lowest BCUT2D eigenvalue weighted by molar-refractivity contribution is -0.170. The number of rotatable bonds is 5. The van der Waals surface area contributed by atoms with Crippen LogP contribution in [-0.4, -0.2) is 69.4 Å². The van der Waals surface area contributed by atoms with E-state index >= 15 is 0 Å². The van der Waals surface area contributed by atoms with Gasteiger partial charge in [-0.3, -0.25) is 9.59 Å². The molecule has 2 bridgehead atoms. The molecule has 0 aromatic heterocycles. The summed E-state index contributed by atoms with van der Waals surface area (Å²) < 4.78 is 12.0. The van der Waals surface area contributed by atoms with E-state index in [-0.39, 0.29) is 12.6 Å². The summed E-state index contributed by atoms with van der Waals surface area (Å²) in [4.78, 5) is 25.9. The van der Waals surface area contributed by atoms with E-state index < -0.39 is 41.4 Å². The summed E-state index contributed by atoms with van der Waals surface area (Å²) >= 11 is 0. The van der Waals surface area contributed by atoms with Gasteiger partial charge in [0.05, 0.1) is 24.0 Å². The van der Waals surface area contributed by atoms with Gasteiger partial charge in [-0.15, -0.1) is 0 Å². The summed E-state index contributed by atoms with van der Waals surface area (Å²) in [6.45, 7) is 1.77. The van der Waals surface area contributed by atoms with Crippen molar-refractivity contribution >= 4 is 11.8 Å². The number of carbonyl (C=O) groups is 2. The molecule has 1 aromatic carbocycles. The number of benzene rings is 1. The minimum atomic E-state index is -1.41. The highest BCUT2D eigenvalue weighted by Crippen LogP contribution is 2.64. The van der Waals surface area contributed by atoms with Crippen LogP contribution in [0.3, 0.4) is 0 Å². The molecule has 8 nitrogen and oxygen atoms in total. The molecule has 5 rings (SSSR count). The van der Waals surface area contributed by atoms with E-state index in [1.54, 1.807) is 6.08 Å². The molecule has 2 aliphatic heterocycles. The molecule has 0 amide bonds. The predicted octanol–water partition coefficient (Wildman–Crippen LogP) is 0.340. The van der Waals surface area contributed by atoms with Crippen molar-refractivity contribution in [3.63, 3.8) is 0 Å². The highest BCUT2D eigenvalue weighted by atomic mass is 16.6. The first-order chi connectivity index (χ1) is 14.7. The monoisotopic (exact) mass is 429 g/mol. The van der Waals surface area contributed by atoms with E-state index in [9.17, 15) is 24.9 Å². The van der Waals surface area contributed by atoms with E-state index in [1.165, 1.54) is 6.92 Å². The van der Waals surface area contributed by atoms with Gasteiger partial charge in [-0.1, -0.05) is 12.1 Å². The number of aliphatic hydroxyl groups is 3. The van der Waals surface area contributed by atoms with Crippen LogP contribution in [-0.2, 0) is 32.8 Å². The normalized spacial score (nSPS) is 33.8. The number of esters is 1. The van der Waals surface area contributed by atoms with Gasteiger partial charge in [0.2, 0.25) is 0 Å². The predicted molar refractivity (Wildman–Crippen MR) is 108 cm³/mol. The Morgan fingerprint density at radius 2 is 2.16 bits per heavy atom. The van der Waals surface area contributed by atoms with Gasteiger partial charge in [0.15, 0.2) is 11.9 Å². The fraction of sp³-hybridized carbons (Fsp3) is 0.565. The number of likely N-dealkylation sites (N-methyl/N-ethyl adjacent to an activating group) is 1. The van der Waals surface area contributed by atoms with Crippen molar-refractivity contribution in [1.82, 2.24) is 4.90 Å². The lowest BCUT2D eigenvalue weighted by Crippen LogP contribution is -2.74. The van der Waals surface area contributed by atoms with Crippen LogP contribution < -0.4 is 4.74 Å². The first-order valence-corrected chi connectivity index (χ1v) is 10.7. The highest BCUT2D eigenvalue weighted by Gasteiger charge is 2.71.